The fraction of sp³-hybridized carbons (Fsp3) is 0.269. The van der Waals surface area contributed by atoms with Crippen molar-refractivity contribution < 1.29 is 19.4 Å². The lowest BCUT2D eigenvalue weighted by Gasteiger charge is -2.34. The van der Waals surface area contributed by atoms with E-state index < -0.39 is 0 Å². The molecule has 2 aliphatic heterocycles. The molecule has 1 N–H and O–H groups in total. The molecule has 2 heterocycles. The number of para-hydroxylation sites is 1. The van der Waals surface area contributed by atoms with Gasteiger partial charge in [0.15, 0.2) is 0 Å². The average molecular weight is 415 g/mol. The number of ether oxygens (including phenoxy) is 2. The lowest BCUT2D eigenvalue weighted by molar-refractivity contribution is 0.0547. The van der Waals surface area contributed by atoms with E-state index in [1.54, 1.807) is 31.4 Å². The summed E-state index contributed by atoms with van der Waals surface area (Å²) >= 11 is 0. The molecule has 3 aromatic carbocycles. The minimum absolute atomic E-state index is 0.00924. The molecule has 5 nitrogen and oxygen atoms in total. The smallest absolute Gasteiger partial charge is 0.262 e. The van der Waals surface area contributed by atoms with Crippen LogP contribution in [0, 0.1) is 0 Å². The second-order valence-corrected chi connectivity index (χ2v) is 8.27. The number of carbonyl (C=O) groups excluding carboxylic acids is 1. The van der Waals surface area contributed by atoms with Gasteiger partial charge in [-0.3, -0.25) is 4.79 Å². The van der Waals surface area contributed by atoms with E-state index >= 15 is 0 Å². The van der Waals surface area contributed by atoms with Gasteiger partial charge in [0.25, 0.3) is 5.91 Å². The standard InChI is InChI=1S/C26H25NO4/c1-30-20-6-4-5-18(15-20)19-9-10-23-22(16-19)26(11-13-31-14-12-26)17-27(23)25(29)21-7-2-3-8-24(21)28/h2-10,15-16,28H,11-14,17H2,1H3. The molecule has 0 saturated carbocycles. The first-order valence-electron chi connectivity index (χ1n) is 10.6. The highest BCUT2D eigenvalue weighted by atomic mass is 16.5. The van der Waals surface area contributed by atoms with E-state index in [1.165, 1.54) is 5.56 Å². The third kappa shape index (κ3) is 3.35. The van der Waals surface area contributed by atoms with Crippen molar-refractivity contribution in [1.82, 2.24) is 0 Å². The molecule has 1 saturated heterocycles. The number of anilines is 1. The summed E-state index contributed by atoms with van der Waals surface area (Å²) in [4.78, 5) is 15.2. The van der Waals surface area contributed by atoms with Gasteiger partial charge in [0.05, 0.1) is 12.7 Å². The van der Waals surface area contributed by atoms with Crippen molar-refractivity contribution in [2.45, 2.75) is 18.3 Å². The van der Waals surface area contributed by atoms with Crippen molar-refractivity contribution in [3.63, 3.8) is 0 Å². The van der Waals surface area contributed by atoms with Crippen LogP contribution in [0.5, 0.6) is 11.5 Å². The second kappa shape index (κ2) is 7.75. The molecule has 1 fully saturated rings. The van der Waals surface area contributed by atoms with Gasteiger partial charge in [-0.05, 0) is 65.9 Å². The minimum Gasteiger partial charge on any atom is -0.507 e. The fourth-order valence-corrected chi connectivity index (χ4v) is 4.82. The van der Waals surface area contributed by atoms with Crippen molar-refractivity contribution in [2.75, 3.05) is 31.8 Å². The first kappa shape index (κ1) is 19.6. The minimum atomic E-state index is -0.170. The molecule has 3 aromatic rings. The van der Waals surface area contributed by atoms with Crippen LogP contribution in [0.25, 0.3) is 11.1 Å². The van der Waals surface area contributed by atoms with Crippen LogP contribution < -0.4 is 9.64 Å². The molecule has 1 spiro atoms. The Morgan fingerprint density at radius 3 is 2.55 bits per heavy atom. The Morgan fingerprint density at radius 2 is 1.77 bits per heavy atom. The summed E-state index contributed by atoms with van der Waals surface area (Å²) in [7, 11) is 1.67. The van der Waals surface area contributed by atoms with E-state index in [0.717, 1.165) is 35.4 Å². The predicted molar refractivity (Wildman–Crippen MR) is 120 cm³/mol. The van der Waals surface area contributed by atoms with Crippen LogP contribution in [0.4, 0.5) is 5.69 Å². The number of hydrogen-bond acceptors (Lipinski definition) is 4. The summed E-state index contributed by atoms with van der Waals surface area (Å²) in [5.41, 5.74) is 4.47. The molecule has 0 radical (unpaired) electrons. The largest absolute Gasteiger partial charge is 0.507 e. The summed E-state index contributed by atoms with van der Waals surface area (Å²) in [5, 5.41) is 10.3. The molecule has 0 unspecified atom stereocenters. The second-order valence-electron chi connectivity index (χ2n) is 8.27. The Balaban J connectivity index is 1.60. The molecule has 0 atom stereocenters. The number of aromatic hydroxyl groups is 1. The number of benzene rings is 3. The number of phenols is 1. The molecule has 0 aliphatic carbocycles. The Labute approximate surface area is 181 Å². The van der Waals surface area contributed by atoms with E-state index in [0.29, 0.717) is 25.3 Å². The number of rotatable bonds is 3. The van der Waals surface area contributed by atoms with Gasteiger partial charge >= 0.3 is 0 Å². The Morgan fingerprint density at radius 1 is 1.00 bits per heavy atom. The van der Waals surface area contributed by atoms with Gasteiger partial charge in [0, 0.05) is 30.9 Å². The molecule has 1 amide bonds. The van der Waals surface area contributed by atoms with Gasteiger partial charge in [-0.25, -0.2) is 0 Å². The number of amides is 1. The molecule has 5 heteroatoms. The van der Waals surface area contributed by atoms with Crippen LogP contribution in [0.1, 0.15) is 28.8 Å². The van der Waals surface area contributed by atoms with E-state index in [1.807, 2.05) is 29.2 Å². The fourth-order valence-electron chi connectivity index (χ4n) is 4.82. The number of fused-ring (bicyclic) bond motifs is 2. The maximum absolute atomic E-state index is 13.4. The Bertz CT molecular complexity index is 1130. The zero-order chi connectivity index (χ0) is 21.4. The van der Waals surface area contributed by atoms with E-state index in [2.05, 4.69) is 18.2 Å². The monoisotopic (exact) mass is 415 g/mol. The molecule has 2 aliphatic rings. The SMILES string of the molecule is COc1cccc(-c2ccc3c(c2)C2(CCOCC2)CN3C(=O)c2ccccc2O)c1. The first-order chi connectivity index (χ1) is 15.1. The van der Waals surface area contributed by atoms with E-state index in [9.17, 15) is 9.90 Å². The molecule has 5 rings (SSSR count). The van der Waals surface area contributed by atoms with Crippen LogP contribution >= 0.6 is 0 Å². The van der Waals surface area contributed by atoms with Crippen LogP contribution in [-0.4, -0.2) is 37.9 Å². The Kier molecular flexibility index (Phi) is 4.91. The van der Waals surface area contributed by atoms with Crippen LogP contribution in [0.15, 0.2) is 66.7 Å². The van der Waals surface area contributed by atoms with Crippen molar-refractivity contribution in [3.8, 4) is 22.6 Å². The number of nitrogens with zero attached hydrogens (tertiary/aromatic N) is 1. The molecular formula is C26H25NO4. The maximum atomic E-state index is 13.4. The van der Waals surface area contributed by atoms with Crippen LogP contribution in [0.2, 0.25) is 0 Å². The number of hydrogen-bond donors (Lipinski definition) is 1. The lowest BCUT2D eigenvalue weighted by atomic mass is 9.75. The van der Waals surface area contributed by atoms with Gasteiger partial charge in [0.2, 0.25) is 0 Å². The highest BCUT2D eigenvalue weighted by Gasteiger charge is 2.46. The topological polar surface area (TPSA) is 59.0 Å². The maximum Gasteiger partial charge on any atom is 0.262 e. The summed E-state index contributed by atoms with van der Waals surface area (Å²) in [6.07, 6.45) is 1.73. The van der Waals surface area contributed by atoms with Crippen molar-refractivity contribution in [2.24, 2.45) is 0 Å². The molecule has 31 heavy (non-hydrogen) atoms. The van der Waals surface area contributed by atoms with Crippen molar-refractivity contribution in [1.29, 1.82) is 0 Å². The zero-order valence-electron chi connectivity index (χ0n) is 17.5. The molecule has 0 bridgehead atoms. The quantitative estimate of drug-likeness (QED) is 0.669. The van der Waals surface area contributed by atoms with Gasteiger partial charge in [0.1, 0.15) is 11.5 Å². The number of carbonyl (C=O) groups is 1. The number of methoxy groups -OCH3 is 1. The first-order valence-corrected chi connectivity index (χ1v) is 10.6. The highest BCUT2D eigenvalue weighted by Crippen LogP contribution is 2.48. The summed E-state index contributed by atoms with van der Waals surface area (Å²) < 4.78 is 11.1. The molecule has 158 valence electrons. The van der Waals surface area contributed by atoms with Crippen LogP contribution in [0.3, 0.4) is 0 Å². The van der Waals surface area contributed by atoms with Gasteiger partial charge in [-0.2, -0.15) is 0 Å². The summed E-state index contributed by atoms with van der Waals surface area (Å²) in [6.45, 7) is 1.96. The third-order valence-electron chi connectivity index (χ3n) is 6.55. The van der Waals surface area contributed by atoms with Gasteiger partial charge in [-0.1, -0.05) is 30.3 Å². The number of phenolic OH excluding ortho intramolecular Hbond substituents is 1. The van der Waals surface area contributed by atoms with E-state index in [-0.39, 0.29) is 17.1 Å². The highest BCUT2D eigenvalue weighted by molar-refractivity contribution is 6.09. The predicted octanol–water partition coefficient (Wildman–Crippen LogP) is 4.78. The average Bonchev–Trinajstić information content (AvgIpc) is 3.12. The zero-order valence-corrected chi connectivity index (χ0v) is 17.5. The lowest BCUT2D eigenvalue weighted by Crippen LogP contribution is -2.40. The third-order valence-corrected chi connectivity index (χ3v) is 6.55. The molecular weight excluding hydrogens is 390 g/mol. The molecule has 0 aromatic heterocycles. The summed E-state index contributed by atoms with van der Waals surface area (Å²) in [5.74, 6) is 0.655. The summed E-state index contributed by atoms with van der Waals surface area (Å²) in [6, 6.07) is 21.1. The van der Waals surface area contributed by atoms with Crippen LogP contribution in [-0.2, 0) is 10.2 Å². The van der Waals surface area contributed by atoms with Gasteiger partial charge < -0.3 is 19.5 Å². The normalized spacial score (nSPS) is 16.9. The van der Waals surface area contributed by atoms with E-state index in [4.69, 9.17) is 9.47 Å². The van der Waals surface area contributed by atoms with Crippen molar-refractivity contribution in [3.05, 3.63) is 77.9 Å². The van der Waals surface area contributed by atoms with Crippen molar-refractivity contribution >= 4 is 11.6 Å². The Hall–Kier alpha value is -3.31. The van der Waals surface area contributed by atoms with Gasteiger partial charge in [-0.15, -0.1) is 0 Å².